The number of anilines is 1. The lowest BCUT2D eigenvalue weighted by Crippen LogP contribution is -2.38. The molecule has 2 amide bonds. The molecule has 7 heteroatoms. The van der Waals surface area contributed by atoms with Crippen molar-refractivity contribution in [2.45, 2.75) is 38.3 Å². The Balaban J connectivity index is 1.46. The largest absolute Gasteiger partial charge is 0.497 e. The van der Waals surface area contributed by atoms with Crippen LogP contribution in [0.4, 0.5) is 10.5 Å². The average Bonchev–Trinajstić information content (AvgIpc) is 3.47. The molecule has 1 atom stereocenters. The van der Waals surface area contributed by atoms with E-state index in [-0.39, 0.29) is 12.1 Å². The van der Waals surface area contributed by atoms with Crippen molar-refractivity contribution in [1.29, 1.82) is 0 Å². The van der Waals surface area contributed by atoms with Crippen LogP contribution in [0.15, 0.2) is 66.9 Å². The van der Waals surface area contributed by atoms with Crippen LogP contribution in [0, 0.1) is 0 Å². The van der Waals surface area contributed by atoms with Gasteiger partial charge < -0.3 is 19.5 Å². The van der Waals surface area contributed by atoms with E-state index < -0.39 is 0 Å². The Morgan fingerprint density at radius 2 is 1.80 bits per heavy atom. The van der Waals surface area contributed by atoms with Crippen molar-refractivity contribution in [3.05, 3.63) is 99.1 Å². The van der Waals surface area contributed by atoms with Crippen molar-refractivity contribution in [1.82, 2.24) is 9.47 Å². The van der Waals surface area contributed by atoms with Gasteiger partial charge in [-0.05, 0) is 85.3 Å². The molecule has 2 aromatic carbocycles. The van der Waals surface area contributed by atoms with Crippen molar-refractivity contribution in [3.8, 4) is 10.8 Å². The first kappa shape index (κ1) is 22.3. The Morgan fingerprint density at radius 3 is 2.57 bits per heavy atom. The van der Waals surface area contributed by atoms with E-state index in [1.165, 1.54) is 33.8 Å². The lowest BCUT2D eigenvalue weighted by molar-refractivity contribution is 0.194. The molecule has 2 aliphatic rings. The fourth-order valence-corrected chi connectivity index (χ4v) is 6.78. The van der Waals surface area contributed by atoms with Gasteiger partial charge in [0, 0.05) is 27.3 Å². The van der Waals surface area contributed by atoms with Gasteiger partial charge in [-0.3, -0.25) is 0 Å². The molecule has 35 heavy (non-hydrogen) atoms. The number of carbonyl (C=O) groups excluding carboxylic acids is 1. The van der Waals surface area contributed by atoms with Gasteiger partial charge >= 0.3 is 6.03 Å². The number of carbonyl (C=O) groups is 1. The number of fused-ring (bicyclic) bond motifs is 5. The van der Waals surface area contributed by atoms with Crippen LogP contribution >= 0.6 is 22.9 Å². The van der Waals surface area contributed by atoms with Crippen LogP contribution in [0.25, 0.3) is 5.00 Å². The molecule has 6 rings (SSSR count). The molecule has 1 aliphatic carbocycles. The standard InChI is InChI=1S/C28H26ClN3O2S/c1-34-21-14-12-20(13-15-21)30-28(33)32-17-23-22-5-2-3-7-25(22)35-27(23)31-16-4-6-24(31)26(32)18-8-10-19(29)11-9-18/h4,6,8-16,26H,2-3,5,7,17H2,1H3,(H,30,33)/t26-/m1/s1. The van der Waals surface area contributed by atoms with E-state index in [1.807, 2.05) is 64.8 Å². The summed E-state index contributed by atoms with van der Waals surface area (Å²) in [5.74, 6) is 0.754. The minimum Gasteiger partial charge on any atom is -0.497 e. The molecule has 4 aromatic rings. The third-order valence-corrected chi connectivity index (χ3v) is 8.55. The zero-order valence-electron chi connectivity index (χ0n) is 19.5. The van der Waals surface area contributed by atoms with Crippen molar-refractivity contribution in [2.24, 2.45) is 0 Å². The zero-order valence-corrected chi connectivity index (χ0v) is 21.0. The molecule has 3 heterocycles. The van der Waals surface area contributed by atoms with Gasteiger partial charge in [-0.25, -0.2) is 4.79 Å². The van der Waals surface area contributed by atoms with E-state index in [1.54, 1.807) is 7.11 Å². The Morgan fingerprint density at radius 1 is 1.03 bits per heavy atom. The predicted molar refractivity (Wildman–Crippen MR) is 141 cm³/mol. The smallest absolute Gasteiger partial charge is 0.322 e. The minimum atomic E-state index is -0.251. The van der Waals surface area contributed by atoms with Crippen LogP contribution in [0.2, 0.25) is 5.02 Å². The van der Waals surface area contributed by atoms with Crippen LogP contribution in [0.1, 0.15) is 46.1 Å². The summed E-state index contributed by atoms with van der Waals surface area (Å²) in [6.07, 6.45) is 6.77. The molecule has 0 unspecified atom stereocenters. The van der Waals surface area contributed by atoms with Gasteiger partial charge in [-0.15, -0.1) is 11.3 Å². The van der Waals surface area contributed by atoms with E-state index in [0.29, 0.717) is 11.6 Å². The second-order valence-electron chi connectivity index (χ2n) is 9.04. The van der Waals surface area contributed by atoms with Crippen LogP contribution in [0.3, 0.4) is 0 Å². The molecule has 0 saturated heterocycles. The number of benzene rings is 2. The monoisotopic (exact) mass is 503 g/mol. The Bertz CT molecular complexity index is 1370. The number of rotatable bonds is 3. The number of amides is 2. The van der Waals surface area contributed by atoms with Crippen LogP contribution in [-0.2, 0) is 19.4 Å². The summed E-state index contributed by atoms with van der Waals surface area (Å²) in [5, 5.41) is 5.05. The van der Waals surface area contributed by atoms with Crippen LogP contribution < -0.4 is 10.1 Å². The highest BCUT2D eigenvalue weighted by molar-refractivity contribution is 7.15. The van der Waals surface area contributed by atoms with E-state index in [0.717, 1.165) is 35.5 Å². The van der Waals surface area contributed by atoms with Gasteiger partial charge in [0.25, 0.3) is 0 Å². The van der Waals surface area contributed by atoms with E-state index in [4.69, 9.17) is 16.3 Å². The number of nitrogens with zero attached hydrogens (tertiary/aromatic N) is 2. The quantitative estimate of drug-likeness (QED) is 0.321. The van der Waals surface area contributed by atoms with E-state index in [9.17, 15) is 4.79 Å². The maximum atomic E-state index is 13.9. The summed E-state index contributed by atoms with van der Waals surface area (Å²) in [6, 6.07) is 19.1. The number of methoxy groups -OCH3 is 1. The van der Waals surface area contributed by atoms with E-state index >= 15 is 0 Å². The summed E-state index contributed by atoms with van der Waals surface area (Å²) in [6.45, 7) is 0.554. The summed E-state index contributed by atoms with van der Waals surface area (Å²) in [4.78, 5) is 17.3. The first-order chi connectivity index (χ1) is 17.1. The lowest BCUT2D eigenvalue weighted by atomic mass is 9.95. The minimum absolute atomic E-state index is 0.133. The number of hydrogen-bond donors (Lipinski definition) is 1. The number of aryl methyl sites for hydroxylation is 1. The fourth-order valence-electron chi connectivity index (χ4n) is 5.25. The van der Waals surface area contributed by atoms with Crippen LogP contribution in [0.5, 0.6) is 5.75 Å². The third kappa shape index (κ3) is 4.01. The molecule has 5 nitrogen and oxygen atoms in total. The molecule has 0 saturated carbocycles. The summed E-state index contributed by atoms with van der Waals surface area (Å²) >= 11 is 8.11. The molecular weight excluding hydrogens is 478 g/mol. The lowest BCUT2D eigenvalue weighted by Gasteiger charge is -2.31. The molecule has 1 aliphatic heterocycles. The summed E-state index contributed by atoms with van der Waals surface area (Å²) < 4.78 is 7.56. The van der Waals surface area contributed by atoms with Crippen LogP contribution in [-0.4, -0.2) is 22.6 Å². The Labute approximate surface area is 213 Å². The molecular formula is C28H26ClN3O2S. The van der Waals surface area contributed by atoms with Gasteiger partial charge in [-0.2, -0.15) is 0 Å². The fraction of sp³-hybridized carbons (Fsp3) is 0.250. The molecule has 2 aromatic heterocycles. The van der Waals surface area contributed by atoms with Crippen molar-refractivity contribution in [3.63, 3.8) is 0 Å². The van der Waals surface area contributed by atoms with Gasteiger partial charge in [0.2, 0.25) is 0 Å². The normalized spacial score (nSPS) is 16.6. The third-order valence-electron chi connectivity index (χ3n) is 6.97. The highest BCUT2D eigenvalue weighted by Gasteiger charge is 2.36. The molecule has 0 fully saturated rings. The number of aromatic nitrogens is 1. The van der Waals surface area contributed by atoms with Crippen molar-refractivity contribution >= 4 is 34.7 Å². The highest BCUT2D eigenvalue weighted by Crippen LogP contribution is 2.44. The SMILES string of the molecule is COc1ccc(NC(=O)N2Cc3c(sc4c3CCCC4)-n3cccc3[C@H]2c2ccc(Cl)cc2)cc1. The maximum Gasteiger partial charge on any atom is 0.322 e. The molecule has 0 bridgehead atoms. The molecule has 0 radical (unpaired) electrons. The van der Waals surface area contributed by atoms with Gasteiger partial charge in [0.05, 0.1) is 25.4 Å². The number of halogens is 1. The first-order valence-corrected chi connectivity index (χ1v) is 13.1. The Hall–Kier alpha value is -3.22. The predicted octanol–water partition coefficient (Wildman–Crippen LogP) is 7.22. The Kier molecular flexibility index (Phi) is 5.78. The second kappa shape index (κ2) is 9.10. The topological polar surface area (TPSA) is 46.5 Å². The van der Waals surface area contributed by atoms with Crippen molar-refractivity contribution < 1.29 is 9.53 Å². The highest BCUT2D eigenvalue weighted by atomic mass is 35.5. The van der Waals surface area contributed by atoms with Crippen molar-refractivity contribution in [2.75, 3.05) is 12.4 Å². The summed E-state index contributed by atoms with van der Waals surface area (Å²) in [5.41, 5.74) is 5.56. The second-order valence-corrected chi connectivity index (χ2v) is 10.6. The molecule has 1 N–H and O–H groups in total. The average molecular weight is 504 g/mol. The number of nitrogens with one attached hydrogen (secondary N) is 1. The van der Waals surface area contributed by atoms with E-state index in [2.05, 4.69) is 28.2 Å². The maximum absolute atomic E-state index is 13.9. The molecule has 0 spiro atoms. The van der Waals surface area contributed by atoms with Gasteiger partial charge in [0.15, 0.2) is 0 Å². The van der Waals surface area contributed by atoms with Gasteiger partial charge in [-0.1, -0.05) is 23.7 Å². The number of ether oxygens (including phenoxy) is 1. The first-order valence-electron chi connectivity index (χ1n) is 11.9. The number of urea groups is 1. The number of thiophene rings is 1. The van der Waals surface area contributed by atoms with Gasteiger partial charge in [0.1, 0.15) is 10.8 Å². The summed E-state index contributed by atoms with van der Waals surface area (Å²) in [7, 11) is 1.63. The number of hydrogen-bond acceptors (Lipinski definition) is 3. The molecule has 178 valence electrons. The zero-order chi connectivity index (χ0) is 23.9.